The predicted octanol–water partition coefficient (Wildman–Crippen LogP) is 2.45. The number of rotatable bonds is 7. The maximum Gasteiger partial charge on any atom is 0.251 e. The molecule has 0 saturated carbocycles. The molecule has 0 atom stereocenters. The van der Waals surface area contributed by atoms with E-state index in [9.17, 15) is 14.4 Å². The molecule has 0 saturated heterocycles. The molecule has 0 fully saturated rings. The quantitative estimate of drug-likeness (QED) is 0.614. The summed E-state index contributed by atoms with van der Waals surface area (Å²) in [7, 11) is 1.55. The Bertz CT molecular complexity index is 805. The minimum Gasteiger partial charge on any atom is -0.376 e. The number of nitrogens with one attached hydrogen (secondary N) is 4. The van der Waals surface area contributed by atoms with E-state index in [0.29, 0.717) is 29.0 Å². The van der Waals surface area contributed by atoms with Crippen molar-refractivity contribution >= 4 is 34.8 Å². The lowest BCUT2D eigenvalue weighted by Crippen LogP contribution is -2.22. The molecule has 136 valence electrons. The molecule has 0 aliphatic rings. The molecule has 3 amide bonds. The molecule has 26 heavy (non-hydrogen) atoms. The summed E-state index contributed by atoms with van der Waals surface area (Å²) in [6.45, 7) is 1.83. The third-order valence-corrected chi connectivity index (χ3v) is 3.56. The Morgan fingerprint density at radius 3 is 2.15 bits per heavy atom. The number of amides is 3. The van der Waals surface area contributed by atoms with Crippen LogP contribution < -0.4 is 21.3 Å². The van der Waals surface area contributed by atoms with Gasteiger partial charge in [-0.3, -0.25) is 14.4 Å². The van der Waals surface area contributed by atoms with E-state index in [1.165, 1.54) is 0 Å². The maximum atomic E-state index is 12.1. The van der Waals surface area contributed by atoms with E-state index >= 15 is 0 Å². The largest absolute Gasteiger partial charge is 0.376 e. The van der Waals surface area contributed by atoms with Crippen LogP contribution in [-0.2, 0) is 9.59 Å². The van der Waals surface area contributed by atoms with E-state index in [4.69, 9.17) is 0 Å². The van der Waals surface area contributed by atoms with Crippen LogP contribution in [0.1, 0.15) is 23.7 Å². The van der Waals surface area contributed by atoms with Gasteiger partial charge >= 0.3 is 0 Å². The normalized spacial score (nSPS) is 9.92. The molecule has 0 heterocycles. The van der Waals surface area contributed by atoms with E-state index in [-0.39, 0.29) is 24.3 Å². The zero-order valence-electron chi connectivity index (χ0n) is 14.8. The molecule has 4 N–H and O–H groups in total. The number of benzene rings is 2. The zero-order valence-corrected chi connectivity index (χ0v) is 14.8. The molecular formula is C19H22N4O3. The van der Waals surface area contributed by atoms with Crippen LogP contribution in [0.4, 0.5) is 17.1 Å². The van der Waals surface area contributed by atoms with Crippen molar-refractivity contribution in [2.75, 3.05) is 29.5 Å². The topological polar surface area (TPSA) is 99.3 Å². The first-order valence-corrected chi connectivity index (χ1v) is 8.27. The average Bonchev–Trinajstić information content (AvgIpc) is 2.66. The predicted molar refractivity (Wildman–Crippen MR) is 102 cm³/mol. The number of carbonyl (C=O) groups excluding carboxylic acids is 3. The second-order valence-electron chi connectivity index (χ2n) is 5.54. The standard InChI is InChI=1S/C19H22N4O3/c1-3-17(24)22-16-9-5-7-14(11-16)21-12-18(25)23-15-8-4-6-13(10-15)19(26)20-2/h4-11,21H,3,12H2,1-2H3,(H,20,26)(H,22,24)(H,23,25). The lowest BCUT2D eigenvalue weighted by atomic mass is 10.2. The van der Waals surface area contributed by atoms with E-state index in [1.807, 2.05) is 0 Å². The highest BCUT2D eigenvalue weighted by Crippen LogP contribution is 2.15. The molecule has 0 aromatic heterocycles. The van der Waals surface area contributed by atoms with Gasteiger partial charge in [-0.25, -0.2) is 0 Å². The maximum absolute atomic E-state index is 12.1. The average molecular weight is 354 g/mol. The summed E-state index contributed by atoms with van der Waals surface area (Å²) in [4.78, 5) is 35.2. The molecule has 2 rings (SSSR count). The van der Waals surface area contributed by atoms with Crippen LogP contribution in [-0.4, -0.2) is 31.3 Å². The Hall–Kier alpha value is -3.35. The molecule has 0 bridgehead atoms. The van der Waals surface area contributed by atoms with Crippen LogP contribution in [0, 0.1) is 0 Å². The second-order valence-corrected chi connectivity index (χ2v) is 5.54. The Morgan fingerprint density at radius 2 is 1.46 bits per heavy atom. The van der Waals surface area contributed by atoms with Gasteiger partial charge < -0.3 is 21.3 Å². The molecule has 0 unspecified atom stereocenters. The third kappa shape index (κ3) is 5.62. The minimum atomic E-state index is -0.248. The second kappa shape index (κ2) is 9.22. The van der Waals surface area contributed by atoms with Crippen molar-refractivity contribution in [1.29, 1.82) is 0 Å². The van der Waals surface area contributed by atoms with Crippen molar-refractivity contribution in [3.8, 4) is 0 Å². The SMILES string of the molecule is CCC(=O)Nc1cccc(NCC(=O)Nc2cccc(C(=O)NC)c2)c1. The van der Waals surface area contributed by atoms with E-state index in [2.05, 4.69) is 21.3 Å². The molecule has 0 radical (unpaired) electrons. The van der Waals surface area contributed by atoms with Gasteiger partial charge in [-0.2, -0.15) is 0 Å². The summed E-state index contributed by atoms with van der Waals surface area (Å²) in [6, 6.07) is 13.8. The number of carbonyl (C=O) groups is 3. The molecule has 7 nitrogen and oxygen atoms in total. The molecule has 0 spiro atoms. The summed E-state index contributed by atoms with van der Waals surface area (Å²) in [5.41, 5.74) is 2.40. The van der Waals surface area contributed by atoms with Gasteiger partial charge in [0.25, 0.3) is 5.91 Å². The van der Waals surface area contributed by atoms with Gasteiger partial charge in [-0.05, 0) is 36.4 Å². The van der Waals surface area contributed by atoms with E-state index < -0.39 is 0 Å². The van der Waals surface area contributed by atoms with Gasteiger partial charge in [0.05, 0.1) is 6.54 Å². The van der Waals surface area contributed by atoms with Crippen LogP contribution in [0.5, 0.6) is 0 Å². The fourth-order valence-corrected chi connectivity index (χ4v) is 2.23. The monoisotopic (exact) mass is 354 g/mol. The number of hydrogen-bond acceptors (Lipinski definition) is 4. The van der Waals surface area contributed by atoms with Crippen molar-refractivity contribution in [2.45, 2.75) is 13.3 Å². The van der Waals surface area contributed by atoms with Crippen molar-refractivity contribution in [3.05, 3.63) is 54.1 Å². The fourth-order valence-electron chi connectivity index (χ4n) is 2.23. The summed E-state index contributed by atoms with van der Waals surface area (Å²) in [5, 5.41) is 11.0. The van der Waals surface area contributed by atoms with E-state index in [0.717, 1.165) is 0 Å². The van der Waals surface area contributed by atoms with Crippen LogP contribution in [0.25, 0.3) is 0 Å². The van der Waals surface area contributed by atoms with Gasteiger partial charge in [0.1, 0.15) is 0 Å². The Labute approximate surface area is 152 Å². The first-order valence-electron chi connectivity index (χ1n) is 8.27. The zero-order chi connectivity index (χ0) is 18.9. The van der Waals surface area contributed by atoms with Crippen molar-refractivity contribution in [2.24, 2.45) is 0 Å². The van der Waals surface area contributed by atoms with Crippen molar-refractivity contribution in [1.82, 2.24) is 5.32 Å². The van der Waals surface area contributed by atoms with Gasteiger partial charge in [-0.1, -0.05) is 19.1 Å². The van der Waals surface area contributed by atoms with Crippen LogP contribution in [0.2, 0.25) is 0 Å². The van der Waals surface area contributed by atoms with Gasteiger partial charge in [0.2, 0.25) is 11.8 Å². The van der Waals surface area contributed by atoms with Crippen molar-refractivity contribution < 1.29 is 14.4 Å². The first kappa shape index (κ1) is 19.0. The summed E-state index contributed by atoms with van der Waals surface area (Å²) in [6.07, 6.45) is 0.398. The Morgan fingerprint density at radius 1 is 0.846 bits per heavy atom. The highest BCUT2D eigenvalue weighted by molar-refractivity contribution is 5.98. The molecule has 7 heteroatoms. The van der Waals surface area contributed by atoms with Crippen LogP contribution >= 0.6 is 0 Å². The first-order chi connectivity index (χ1) is 12.5. The molecule has 2 aromatic rings. The highest BCUT2D eigenvalue weighted by atomic mass is 16.2. The Balaban J connectivity index is 1.92. The smallest absolute Gasteiger partial charge is 0.251 e. The molecule has 0 aliphatic carbocycles. The number of hydrogen-bond donors (Lipinski definition) is 4. The highest BCUT2D eigenvalue weighted by Gasteiger charge is 2.07. The van der Waals surface area contributed by atoms with Crippen LogP contribution in [0.15, 0.2) is 48.5 Å². The fraction of sp³-hybridized carbons (Fsp3) is 0.211. The third-order valence-electron chi connectivity index (χ3n) is 3.56. The lowest BCUT2D eigenvalue weighted by molar-refractivity contribution is -0.116. The molecular weight excluding hydrogens is 332 g/mol. The number of anilines is 3. The summed E-state index contributed by atoms with van der Waals surface area (Å²) in [5.74, 6) is -0.539. The lowest BCUT2D eigenvalue weighted by Gasteiger charge is -2.10. The summed E-state index contributed by atoms with van der Waals surface area (Å²) >= 11 is 0. The Kier molecular flexibility index (Phi) is 6.73. The van der Waals surface area contributed by atoms with E-state index in [1.54, 1.807) is 62.5 Å². The summed E-state index contributed by atoms with van der Waals surface area (Å²) < 4.78 is 0. The molecule has 2 aromatic carbocycles. The minimum absolute atomic E-state index is 0.0510. The molecule has 0 aliphatic heterocycles. The van der Waals surface area contributed by atoms with Crippen molar-refractivity contribution in [3.63, 3.8) is 0 Å². The van der Waals surface area contributed by atoms with Gasteiger partial charge in [-0.15, -0.1) is 0 Å². The van der Waals surface area contributed by atoms with Gasteiger partial charge in [0.15, 0.2) is 0 Å². The van der Waals surface area contributed by atoms with Gasteiger partial charge in [0, 0.05) is 36.1 Å². The van der Waals surface area contributed by atoms with Crippen LogP contribution in [0.3, 0.4) is 0 Å².